The van der Waals surface area contributed by atoms with Gasteiger partial charge in [-0.2, -0.15) is 13.2 Å². The van der Waals surface area contributed by atoms with Gasteiger partial charge in [0.15, 0.2) is 11.5 Å². The highest BCUT2D eigenvalue weighted by atomic mass is 19.4. The van der Waals surface area contributed by atoms with Gasteiger partial charge in [0.25, 0.3) is 0 Å². The van der Waals surface area contributed by atoms with Gasteiger partial charge in [-0.05, 0) is 17.2 Å². The average Bonchev–Trinajstić information content (AvgIpc) is 3.25. The van der Waals surface area contributed by atoms with Crippen LogP contribution >= 0.6 is 0 Å². The minimum absolute atomic E-state index is 0.0381. The Bertz CT molecular complexity index is 1090. The number of anilines is 1. The van der Waals surface area contributed by atoms with Gasteiger partial charge in [-0.3, -0.25) is 9.69 Å². The number of rotatable bonds is 6. The molecule has 1 heterocycles. The smallest absolute Gasteiger partial charge is 0.454 e. The number of nitrogens with zero attached hydrogens (tertiary/aromatic N) is 1. The summed E-state index contributed by atoms with van der Waals surface area (Å²) in [5, 5.41) is 0. The second kappa shape index (κ2) is 8.92. The Kier molecular flexibility index (Phi) is 6.05. The van der Waals surface area contributed by atoms with E-state index in [1.807, 2.05) is 6.07 Å². The zero-order chi connectivity index (χ0) is 22.7. The van der Waals surface area contributed by atoms with Crippen LogP contribution in [0.4, 0.5) is 18.9 Å². The first kappa shape index (κ1) is 21.7. The van der Waals surface area contributed by atoms with E-state index < -0.39 is 18.2 Å². The van der Waals surface area contributed by atoms with Crippen molar-refractivity contribution >= 4 is 11.6 Å². The van der Waals surface area contributed by atoms with Crippen molar-refractivity contribution in [3.05, 3.63) is 89.5 Å². The molecule has 5 nitrogen and oxygen atoms in total. The number of ether oxygens (including phenoxy) is 3. The molecule has 1 aliphatic heterocycles. The van der Waals surface area contributed by atoms with Crippen molar-refractivity contribution in [2.24, 2.45) is 0 Å². The quantitative estimate of drug-likeness (QED) is 0.522. The molecular formula is C24H20F3NO4. The van der Waals surface area contributed by atoms with Crippen molar-refractivity contribution in [1.29, 1.82) is 0 Å². The van der Waals surface area contributed by atoms with Crippen LogP contribution in [0.15, 0.2) is 72.8 Å². The van der Waals surface area contributed by atoms with Crippen molar-refractivity contribution in [1.82, 2.24) is 0 Å². The molecular weight excluding hydrogens is 423 g/mol. The molecule has 4 rings (SSSR count). The van der Waals surface area contributed by atoms with Crippen molar-refractivity contribution in [2.45, 2.75) is 18.8 Å². The van der Waals surface area contributed by atoms with Gasteiger partial charge in [-0.15, -0.1) is 0 Å². The minimum atomic E-state index is -5.07. The van der Waals surface area contributed by atoms with Gasteiger partial charge in [0.1, 0.15) is 6.10 Å². The molecule has 3 aromatic rings. The van der Waals surface area contributed by atoms with E-state index in [9.17, 15) is 18.0 Å². The predicted octanol–water partition coefficient (Wildman–Crippen LogP) is 5.25. The first-order valence-corrected chi connectivity index (χ1v) is 9.82. The molecule has 0 fully saturated rings. The van der Waals surface area contributed by atoms with Crippen LogP contribution in [0.25, 0.3) is 0 Å². The lowest BCUT2D eigenvalue weighted by Crippen LogP contribution is -2.41. The van der Waals surface area contributed by atoms with Crippen LogP contribution in [-0.2, 0) is 16.1 Å². The number of alkyl halides is 3. The number of hydrogen-bond acceptors (Lipinski definition) is 4. The van der Waals surface area contributed by atoms with E-state index in [4.69, 9.17) is 14.2 Å². The zero-order valence-electron chi connectivity index (χ0n) is 17.1. The summed E-state index contributed by atoms with van der Waals surface area (Å²) < 4.78 is 57.4. The van der Waals surface area contributed by atoms with E-state index in [0.717, 1.165) is 0 Å². The summed E-state index contributed by atoms with van der Waals surface area (Å²) >= 11 is 0. The number of halogens is 3. The molecule has 0 spiro atoms. The molecule has 3 aromatic carbocycles. The van der Waals surface area contributed by atoms with E-state index in [1.54, 1.807) is 60.7 Å². The number of fused-ring (bicyclic) bond motifs is 1. The molecule has 0 saturated carbocycles. The summed E-state index contributed by atoms with van der Waals surface area (Å²) in [6, 6.07) is 20.5. The molecule has 8 heteroatoms. The summed E-state index contributed by atoms with van der Waals surface area (Å²) in [4.78, 5) is 13.3. The number of carbonyl (C=O) groups is 1. The normalized spacial score (nSPS) is 13.6. The summed E-state index contributed by atoms with van der Waals surface area (Å²) in [6.45, 7) is -0.343. The minimum Gasteiger partial charge on any atom is -0.454 e. The van der Waals surface area contributed by atoms with Crippen LogP contribution in [0.5, 0.6) is 11.5 Å². The molecule has 0 saturated heterocycles. The molecule has 166 valence electrons. The topological polar surface area (TPSA) is 48.0 Å². The highest BCUT2D eigenvalue weighted by Gasteiger charge is 2.44. The third-order valence-electron chi connectivity index (χ3n) is 5.10. The standard InChI is InChI=1S/C24H20F3NO4/c1-30-22(17-10-6-3-7-11-17)18-12-20-21(32-15-31-20)13-19(18)28(23(29)24(25,26)27)14-16-8-4-2-5-9-16/h2-13,22H,14-15H2,1H3. The molecule has 32 heavy (non-hydrogen) atoms. The highest BCUT2D eigenvalue weighted by Crippen LogP contribution is 2.44. The van der Waals surface area contributed by atoms with Gasteiger partial charge in [0, 0.05) is 18.7 Å². The predicted molar refractivity (Wildman–Crippen MR) is 112 cm³/mol. The third kappa shape index (κ3) is 4.40. The molecule has 1 atom stereocenters. The largest absolute Gasteiger partial charge is 0.471 e. The average molecular weight is 443 g/mol. The summed E-state index contributed by atoms with van der Waals surface area (Å²) in [7, 11) is 1.46. The maximum absolute atomic E-state index is 13.6. The molecule has 0 aromatic heterocycles. The van der Waals surface area contributed by atoms with Crippen molar-refractivity contribution in [2.75, 3.05) is 18.8 Å². The van der Waals surface area contributed by atoms with E-state index in [0.29, 0.717) is 27.3 Å². The number of carbonyl (C=O) groups excluding carboxylic acids is 1. The van der Waals surface area contributed by atoms with E-state index in [-0.39, 0.29) is 24.8 Å². The molecule has 0 radical (unpaired) electrons. The Morgan fingerprint density at radius 3 is 2.19 bits per heavy atom. The Labute approximate surface area is 182 Å². The highest BCUT2D eigenvalue weighted by molar-refractivity contribution is 5.98. The molecule has 0 aliphatic carbocycles. The van der Waals surface area contributed by atoms with Crippen molar-refractivity contribution in [3.63, 3.8) is 0 Å². The molecule has 1 aliphatic rings. The summed E-state index contributed by atoms with van der Waals surface area (Å²) in [5.74, 6) is -1.34. The third-order valence-corrected chi connectivity index (χ3v) is 5.10. The van der Waals surface area contributed by atoms with Gasteiger partial charge in [-0.25, -0.2) is 0 Å². The number of methoxy groups -OCH3 is 1. The molecule has 1 amide bonds. The summed E-state index contributed by atoms with van der Waals surface area (Å²) in [5.41, 5.74) is 1.66. The van der Waals surface area contributed by atoms with Crippen molar-refractivity contribution < 1.29 is 32.2 Å². The lowest BCUT2D eigenvalue weighted by Gasteiger charge is -2.29. The lowest BCUT2D eigenvalue weighted by molar-refractivity contribution is -0.170. The second-order valence-corrected chi connectivity index (χ2v) is 7.17. The van der Waals surface area contributed by atoms with E-state index >= 15 is 0 Å². The summed E-state index contributed by atoms with van der Waals surface area (Å²) in [6.07, 6.45) is -5.81. The van der Waals surface area contributed by atoms with Gasteiger partial charge in [-0.1, -0.05) is 60.7 Å². The number of hydrogen-bond donors (Lipinski definition) is 0. The Morgan fingerprint density at radius 1 is 1.00 bits per heavy atom. The van der Waals surface area contributed by atoms with Gasteiger partial charge >= 0.3 is 12.1 Å². The second-order valence-electron chi connectivity index (χ2n) is 7.17. The number of amides is 1. The van der Waals surface area contributed by atoms with Crippen LogP contribution in [0.3, 0.4) is 0 Å². The molecule has 1 unspecified atom stereocenters. The van der Waals surface area contributed by atoms with E-state index in [2.05, 4.69) is 0 Å². The van der Waals surface area contributed by atoms with Crippen molar-refractivity contribution in [3.8, 4) is 11.5 Å². The Morgan fingerprint density at radius 2 is 1.59 bits per heavy atom. The lowest BCUT2D eigenvalue weighted by atomic mass is 9.98. The Balaban J connectivity index is 1.88. The first-order valence-electron chi connectivity index (χ1n) is 9.82. The van der Waals surface area contributed by atoms with Gasteiger partial charge < -0.3 is 14.2 Å². The van der Waals surface area contributed by atoms with Crippen LogP contribution < -0.4 is 14.4 Å². The fourth-order valence-electron chi connectivity index (χ4n) is 3.65. The number of benzene rings is 3. The van der Waals surface area contributed by atoms with E-state index in [1.165, 1.54) is 13.2 Å². The van der Waals surface area contributed by atoms with Gasteiger partial charge in [0.05, 0.1) is 12.2 Å². The maximum Gasteiger partial charge on any atom is 0.471 e. The van der Waals surface area contributed by atoms with Crippen LogP contribution in [0, 0.1) is 0 Å². The molecule has 0 bridgehead atoms. The van der Waals surface area contributed by atoms with Crippen LogP contribution in [0.2, 0.25) is 0 Å². The molecule has 0 N–H and O–H groups in total. The first-order chi connectivity index (χ1) is 15.4. The fourth-order valence-corrected chi connectivity index (χ4v) is 3.65. The van der Waals surface area contributed by atoms with Gasteiger partial charge in [0.2, 0.25) is 6.79 Å². The monoisotopic (exact) mass is 443 g/mol. The Hall–Kier alpha value is -3.52. The fraction of sp³-hybridized carbons (Fsp3) is 0.208. The van der Waals surface area contributed by atoms with Crippen LogP contribution in [0.1, 0.15) is 22.8 Å². The SMILES string of the molecule is COC(c1ccccc1)c1cc2c(cc1N(Cc1ccccc1)C(=O)C(F)(F)F)OCO2. The maximum atomic E-state index is 13.6. The zero-order valence-corrected chi connectivity index (χ0v) is 17.1. The van der Waals surface area contributed by atoms with Crippen LogP contribution in [-0.4, -0.2) is 26.0 Å².